The Labute approximate surface area is 118 Å². The number of amides is 1. The summed E-state index contributed by atoms with van der Waals surface area (Å²) in [4.78, 5) is 11.4. The predicted octanol–water partition coefficient (Wildman–Crippen LogP) is 2.34. The summed E-state index contributed by atoms with van der Waals surface area (Å²) in [6, 6.07) is 4.87. The lowest BCUT2D eigenvalue weighted by molar-refractivity contribution is 0.0907. The molecule has 1 aromatic rings. The van der Waals surface area contributed by atoms with E-state index in [1.165, 1.54) is 6.42 Å². The number of rotatable bonds is 4. The highest BCUT2D eigenvalue weighted by Crippen LogP contribution is 2.31. The van der Waals surface area contributed by atoms with E-state index in [0.717, 1.165) is 19.3 Å². The number of nitrogens with two attached hydrogens (primary N) is 2. The van der Waals surface area contributed by atoms with Gasteiger partial charge in [0, 0.05) is 10.9 Å². The molecule has 1 fully saturated rings. The third-order valence-electron chi connectivity index (χ3n) is 3.63. The van der Waals surface area contributed by atoms with Crippen molar-refractivity contribution in [3.8, 4) is 5.75 Å². The Morgan fingerprint density at radius 3 is 2.79 bits per heavy atom. The fourth-order valence-corrected chi connectivity index (χ4v) is 2.72. The second-order valence-electron chi connectivity index (χ2n) is 4.94. The average molecular weight is 283 g/mol. The van der Waals surface area contributed by atoms with Gasteiger partial charge in [0.1, 0.15) is 11.9 Å². The Bertz CT molecular complexity index is 465. The van der Waals surface area contributed by atoms with Crippen molar-refractivity contribution in [2.24, 2.45) is 17.4 Å². The zero-order valence-electron chi connectivity index (χ0n) is 10.8. The molecule has 1 aliphatic carbocycles. The van der Waals surface area contributed by atoms with Crippen LogP contribution in [0.5, 0.6) is 5.75 Å². The lowest BCUT2D eigenvalue weighted by Gasteiger charge is -2.31. The molecule has 1 aromatic carbocycles. The summed E-state index contributed by atoms with van der Waals surface area (Å²) >= 11 is 5.95. The highest BCUT2D eigenvalue weighted by atomic mass is 35.5. The van der Waals surface area contributed by atoms with Crippen LogP contribution in [-0.2, 0) is 0 Å². The van der Waals surface area contributed by atoms with Crippen LogP contribution in [0.2, 0.25) is 5.02 Å². The van der Waals surface area contributed by atoms with Crippen LogP contribution in [0.25, 0.3) is 0 Å². The normalized spacial score (nSPS) is 23.1. The second kappa shape index (κ2) is 6.26. The molecule has 4 nitrogen and oxygen atoms in total. The maximum Gasteiger partial charge on any atom is 0.252 e. The maximum atomic E-state index is 11.4. The number of benzene rings is 1. The first-order valence-electron chi connectivity index (χ1n) is 6.58. The number of halogens is 1. The van der Waals surface area contributed by atoms with Crippen molar-refractivity contribution in [2.45, 2.75) is 31.8 Å². The first kappa shape index (κ1) is 14.2. The summed E-state index contributed by atoms with van der Waals surface area (Å²) in [5.74, 6) is 0.283. The van der Waals surface area contributed by atoms with E-state index in [2.05, 4.69) is 0 Å². The molecule has 2 rings (SSSR count). The van der Waals surface area contributed by atoms with Gasteiger partial charge in [-0.2, -0.15) is 0 Å². The molecule has 1 amide bonds. The Kier molecular flexibility index (Phi) is 4.66. The van der Waals surface area contributed by atoms with Crippen molar-refractivity contribution in [3.63, 3.8) is 0 Å². The van der Waals surface area contributed by atoms with Crippen molar-refractivity contribution in [1.82, 2.24) is 0 Å². The molecule has 1 saturated carbocycles. The molecule has 0 aliphatic heterocycles. The lowest BCUT2D eigenvalue weighted by atomic mass is 9.86. The van der Waals surface area contributed by atoms with Crippen LogP contribution in [0.4, 0.5) is 0 Å². The van der Waals surface area contributed by atoms with Crippen LogP contribution < -0.4 is 16.2 Å². The number of hydrogen-bond donors (Lipinski definition) is 2. The van der Waals surface area contributed by atoms with E-state index in [1.807, 2.05) is 0 Å². The standard InChI is InChI=1S/C14H19ClN2O2/c15-10-5-6-11(14(17)18)13(7-10)19-12-4-2-1-3-9(12)8-16/h5-7,9,12H,1-4,8,16H2,(H2,17,18). The Balaban J connectivity index is 2.21. The topological polar surface area (TPSA) is 78.3 Å². The van der Waals surface area contributed by atoms with E-state index >= 15 is 0 Å². The van der Waals surface area contributed by atoms with Crippen molar-refractivity contribution >= 4 is 17.5 Å². The van der Waals surface area contributed by atoms with Crippen LogP contribution in [0.3, 0.4) is 0 Å². The van der Waals surface area contributed by atoms with E-state index in [-0.39, 0.29) is 6.10 Å². The summed E-state index contributed by atoms with van der Waals surface area (Å²) in [5.41, 5.74) is 11.5. The van der Waals surface area contributed by atoms with Crippen LogP contribution in [-0.4, -0.2) is 18.6 Å². The third kappa shape index (κ3) is 3.39. The fraction of sp³-hybridized carbons (Fsp3) is 0.500. The number of ether oxygens (including phenoxy) is 1. The molecule has 5 heteroatoms. The quantitative estimate of drug-likeness (QED) is 0.890. The van der Waals surface area contributed by atoms with Crippen LogP contribution in [0.15, 0.2) is 18.2 Å². The molecule has 19 heavy (non-hydrogen) atoms. The van der Waals surface area contributed by atoms with Crippen molar-refractivity contribution < 1.29 is 9.53 Å². The summed E-state index contributed by atoms with van der Waals surface area (Å²) in [5, 5.41) is 0.528. The number of carbonyl (C=O) groups excluding carboxylic acids is 1. The molecule has 0 bridgehead atoms. The van der Waals surface area contributed by atoms with Gasteiger partial charge in [-0.15, -0.1) is 0 Å². The van der Waals surface area contributed by atoms with E-state index in [0.29, 0.717) is 28.8 Å². The average Bonchev–Trinajstić information content (AvgIpc) is 2.39. The van der Waals surface area contributed by atoms with Crippen LogP contribution in [0, 0.1) is 5.92 Å². The molecule has 2 atom stereocenters. The fourth-order valence-electron chi connectivity index (χ4n) is 2.56. The highest BCUT2D eigenvalue weighted by molar-refractivity contribution is 6.30. The number of hydrogen-bond acceptors (Lipinski definition) is 3. The minimum Gasteiger partial charge on any atom is -0.489 e. The predicted molar refractivity (Wildman–Crippen MR) is 75.4 cm³/mol. The van der Waals surface area contributed by atoms with E-state index in [9.17, 15) is 4.79 Å². The molecule has 4 N–H and O–H groups in total. The third-order valence-corrected chi connectivity index (χ3v) is 3.86. The van der Waals surface area contributed by atoms with Gasteiger partial charge in [-0.25, -0.2) is 0 Å². The van der Waals surface area contributed by atoms with Gasteiger partial charge in [0.2, 0.25) is 0 Å². The molecule has 2 unspecified atom stereocenters. The highest BCUT2D eigenvalue weighted by Gasteiger charge is 2.26. The SMILES string of the molecule is NCC1CCCCC1Oc1cc(Cl)ccc1C(N)=O. The first-order chi connectivity index (χ1) is 9.11. The minimum absolute atomic E-state index is 0.0373. The zero-order valence-corrected chi connectivity index (χ0v) is 11.5. The molecule has 1 aliphatic rings. The molecular weight excluding hydrogens is 264 g/mol. The summed E-state index contributed by atoms with van der Waals surface area (Å²) in [6.45, 7) is 0.594. The number of primary amides is 1. The van der Waals surface area contributed by atoms with Gasteiger partial charge >= 0.3 is 0 Å². The van der Waals surface area contributed by atoms with Gasteiger partial charge in [-0.05, 0) is 44.0 Å². The van der Waals surface area contributed by atoms with Gasteiger partial charge in [-0.3, -0.25) is 4.79 Å². The summed E-state index contributed by atoms with van der Waals surface area (Å²) in [6.07, 6.45) is 4.35. The summed E-state index contributed by atoms with van der Waals surface area (Å²) in [7, 11) is 0. The molecule has 0 aromatic heterocycles. The lowest BCUT2D eigenvalue weighted by Crippen LogP contribution is -2.35. The zero-order chi connectivity index (χ0) is 13.8. The van der Waals surface area contributed by atoms with E-state index in [1.54, 1.807) is 18.2 Å². The van der Waals surface area contributed by atoms with Gasteiger partial charge in [0.25, 0.3) is 5.91 Å². The monoisotopic (exact) mass is 282 g/mol. The molecule has 0 heterocycles. The summed E-state index contributed by atoms with van der Waals surface area (Å²) < 4.78 is 5.97. The molecule has 0 saturated heterocycles. The first-order valence-corrected chi connectivity index (χ1v) is 6.95. The largest absolute Gasteiger partial charge is 0.489 e. The van der Waals surface area contributed by atoms with Crippen LogP contribution >= 0.6 is 11.6 Å². The minimum atomic E-state index is -0.508. The van der Waals surface area contributed by atoms with E-state index in [4.69, 9.17) is 27.8 Å². The van der Waals surface area contributed by atoms with Gasteiger partial charge in [0.05, 0.1) is 5.56 Å². The van der Waals surface area contributed by atoms with Gasteiger partial charge in [-0.1, -0.05) is 18.0 Å². The Morgan fingerprint density at radius 1 is 1.37 bits per heavy atom. The number of carbonyl (C=O) groups is 1. The van der Waals surface area contributed by atoms with Crippen molar-refractivity contribution in [1.29, 1.82) is 0 Å². The molecule has 0 radical (unpaired) electrons. The molecular formula is C14H19ClN2O2. The molecule has 0 spiro atoms. The smallest absolute Gasteiger partial charge is 0.252 e. The van der Waals surface area contributed by atoms with Crippen molar-refractivity contribution in [3.05, 3.63) is 28.8 Å². The maximum absolute atomic E-state index is 11.4. The van der Waals surface area contributed by atoms with Crippen LogP contribution in [0.1, 0.15) is 36.0 Å². The van der Waals surface area contributed by atoms with Gasteiger partial charge in [0.15, 0.2) is 0 Å². The van der Waals surface area contributed by atoms with Gasteiger partial charge < -0.3 is 16.2 Å². The van der Waals surface area contributed by atoms with Crippen molar-refractivity contribution in [2.75, 3.05) is 6.54 Å². The second-order valence-corrected chi connectivity index (χ2v) is 5.38. The Hall–Kier alpha value is -1.26. The van der Waals surface area contributed by atoms with E-state index < -0.39 is 5.91 Å². The molecule has 104 valence electrons. The Morgan fingerprint density at radius 2 is 2.11 bits per heavy atom.